The molecule has 0 aliphatic carbocycles. The Balaban J connectivity index is 2.19. The van der Waals surface area contributed by atoms with Crippen LogP contribution in [0.15, 0.2) is 35.5 Å². The SMILES string of the molecule is NC(=O)CCC(NC(=O)C(N)Cc1c[nH]c2ccccc12)C(=O)NC(CCCN=C(N)N)C(=O)NC(CC(=O)O)C(=O)O. The van der Waals surface area contributed by atoms with Gasteiger partial charge in [-0.15, -0.1) is 0 Å². The van der Waals surface area contributed by atoms with Crippen molar-refractivity contribution in [1.29, 1.82) is 0 Å². The summed E-state index contributed by atoms with van der Waals surface area (Å²) in [5.74, 6) is -6.63. The summed E-state index contributed by atoms with van der Waals surface area (Å²) >= 11 is 0. The average Bonchev–Trinajstić information content (AvgIpc) is 3.33. The molecule has 43 heavy (non-hydrogen) atoms. The number of carbonyl (C=O) groups excluding carboxylic acids is 4. The van der Waals surface area contributed by atoms with Crippen molar-refractivity contribution < 1.29 is 39.0 Å². The summed E-state index contributed by atoms with van der Waals surface area (Å²) in [6, 6.07) is 1.79. The number of carboxylic acids is 2. The Morgan fingerprint density at radius 2 is 1.47 bits per heavy atom. The minimum Gasteiger partial charge on any atom is -0.481 e. The Morgan fingerprint density at radius 3 is 2.07 bits per heavy atom. The number of nitrogens with zero attached hydrogens (tertiary/aromatic N) is 1. The third-order valence-corrected chi connectivity index (χ3v) is 6.34. The van der Waals surface area contributed by atoms with Gasteiger partial charge in [0.2, 0.25) is 23.6 Å². The fraction of sp³-hybridized carbons (Fsp3) is 0.423. The van der Waals surface area contributed by atoms with Gasteiger partial charge < -0.3 is 54.1 Å². The van der Waals surface area contributed by atoms with Crippen LogP contribution in [0, 0.1) is 0 Å². The van der Waals surface area contributed by atoms with E-state index in [1.165, 1.54) is 0 Å². The highest BCUT2D eigenvalue weighted by atomic mass is 16.4. The molecule has 0 fully saturated rings. The number of guanidine groups is 1. The molecular formula is C26H37N9O8. The molecule has 4 amide bonds. The van der Waals surface area contributed by atoms with Gasteiger partial charge in [0.1, 0.15) is 18.1 Å². The van der Waals surface area contributed by atoms with Gasteiger partial charge in [0, 0.05) is 30.1 Å². The van der Waals surface area contributed by atoms with E-state index in [-0.39, 0.29) is 44.6 Å². The molecule has 2 rings (SSSR count). The van der Waals surface area contributed by atoms with E-state index in [2.05, 4.69) is 25.9 Å². The number of amides is 4. The normalized spacial score (nSPS) is 13.6. The molecule has 4 atom stereocenters. The number of aliphatic imine (C=N–C) groups is 1. The summed E-state index contributed by atoms with van der Waals surface area (Å²) in [5.41, 5.74) is 23.6. The van der Waals surface area contributed by atoms with E-state index < -0.39 is 66.2 Å². The molecule has 1 heterocycles. The quantitative estimate of drug-likeness (QED) is 0.0477. The Morgan fingerprint density at radius 1 is 0.860 bits per heavy atom. The second-order valence-corrected chi connectivity index (χ2v) is 9.74. The molecule has 0 spiro atoms. The summed E-state index contributed by atoms with van der Waals surface area (Å²) < 4.78 is 0. The average molecular weight is 604 g/mol. The lowest BCUT2D eigenvalue weighted by Gasteiger charge is -2.25. The highest BCUT2D eigenvalue weighted by molar-refractivity contribution is 5.95. The lowest BCUT2D eigenvalue weighted by Crippen LogP contribution is -2.57. The number of hydrogen-bond donors (Lipinski definition) is 10. The molecule has 234 valence electrons. The van der Waals surface area contributed by atoms with Gasteiger partial charge in [-0.1, -0.05) is 18.2 Å². The van der Waals surface area contributed by atoms with Crippen LogP contribution in [0.25, 0.3) is 10.9 Å². The largest absolute Gasteiger partial charge is 0.481 e. The maximum atomic E-state index is 13.3. The molecule has 0 bridgehead atoms. The number of fused-ring (bicyclic) bond motifs is 1. The van der Waals surface area contributed by atoms with Crippen LogP contribution in [0.3, 0.4) is 0 Å². The van der Waals surface area contributed by atoms with Crippen molar-refractivity contribution in [3.05, 3.63) is 36.0 Å². The molecule has 2 aromatic rings. The number of benzene rings is 1. The maximum Gasteiger partial charge on any atom is 0.326 e. The number of nitrogens with one attached hydrogen (secondary N) is 4. The van der Waals surface area contributed by atoms with Crippen LogP contribution < -0.4 is 38.9 Å². The van der Waals surface area contributed by atoms with E-state index in [4.69, 9.17) is 28.0 Å². The Labute approximate surface area is 245 Å². The van der Waals surface area contributed by atoms with Crippen molar-refractivity contribution in [2.45, 2.75) is 62.7 Å². The zero-order valence-corrected chi connectivity index (χ0v) is 23.2. The lowest BCUT2D eigenvalue weighted by molar-refractivity contribution is -0.147. The standard InChI is InChI=1S/C26H37N9O8/c27-15(10-13-12-32-16-5-2-1-4-14(13)16)22(39)33-18(7-8-20(28)36)24(41)34-17(6-3-9-31-26(29)30)23(40)35-19(25(42)43)11-21(37)38/h1-2,4-5,12,15,17-19,32H,3,6-11,27H2,(H2,28,36)(H,33,39)(H,34,41)(H,35,40)(H,37,38)(H,42,43)(H4,29,30,31). The number of aromatic nitrogens is 1. The topological polar surface area (TPSA) is 311 Å². The molecule has 0 saturated heterocycles. The number of aliphatic carboxylic acids is 2. The monoisotopic (exact) mass is 603 g/mol. The zero-order valence-electron chi connectivity index (χ0n) is 23.2. The fourth-order valence-electron chi connectivity index (χ4n) is 4.16. The number of primary amides is 1. The lowest BCUT2D eigenvalue weighted by atomic mass is 10.0. The van der Waals surface area contributed by atoms with Gasteiger partial charge in [-0.25, -0.2) is 4.79 Å². The summed E-state index contributed by atoms with van der Waals surface area (Å²) in [5, 5.41) is 26.2. The second kappa shape index (κ2) is 16.3. The zero-order chi connectivity index (χ0) is 32.1. The van der Waals surface area contributed by atoms with Gasteiger partial charge in [-0.05, 0) is 37.3 Å². The number of rotatable bonds is 18. The number of H-pyrrole nitrogens is 1. The first-order valence-electron chi connectivity index (χ1n) is 13.3. The predicted octanol–water partition coefficient (Wildman–Crippen LogP) is -2.63. The summed E-state index contributed by atoms with van der Waals surface area (Å²) in [6.07, 6.45) is 0.459. The first kappa shape index (κ1) is 34.0. The summed E-state index contributed by atoms with van der Waals surface area (Å²) in [6.45, 7) is 0.0595. The number of aromatic amines is 1. The van der Waals surface area contributed by atoms with Gasteiger partial charge in [-0.3, -0.25) is 29.0 Å². The van der Waals surface area contributed by atoms with E-state index in [1.807, 2.05) is 24.3 Å². The molecule has 4 unspecified atom stereocenters. The van der Waals surface area contributed by atoms with Gasteiger partial charge in [0.05, 0.1) is 12.5 Å². The number of para-hydroxylation sites is 1. The first-order chi connectivity index (χ1) is 20.3. The van der Waals surface area contributed by atoms with Crippen LogP contribution >= 0.6 is 0 Å². The minimum atomic E-state index is -1.78. The molecule has 1 aromatic heterocycles. The van der Waals surface area contributed by atoms with E-state index in [1.54, 1.807) is 6.20 Å². The molecule has 17 heteroatoms. The van der Waals surface area contributed by atoms with E-state index >= 15 is 0 Å². The molecule has 14 N–H and O–H groups in total. The highest BCUT2D eigenvalue weighted by Gasteiger charge is 2.31. The van der Waals surface area contributed by atoms with Crippen molar-refractivity contribution >= 4 is 52.4 Å². The molecule has 1 aromatic carbocycles. The Bertz CT molecular complexity index is 1360. The minimum absolute atomic E-state index is 0.0595. The first-order valence-corrected chi connectivity index (χ1v) is 13.3. The van der Waals surface area contributed by atoms with Gasteiger partial charge in [0.25, 0.3) is 0 Å². The van der Waals surface area contributed by atoms with Crippen molar-refractivity contribution in [1.82, 2.24) is 20.9 Å². The molecular weight excluding hydrogens is 566 g/mol. The van der Waals surface area contributed by atoms with E-state index in [9.17, 15) is 33.9 Å². The van der Waals surface area contributed by atoms with Gasteiger partial charge in [0.15, 0.2) is 5.96 Å². The van der Waals surface area contributed by atoms with Crippen LogP contribution in [-0.2, 0) is 35.2 Å². The molecule has 0 aliphatic rings. The van der Waals surface area contributed by atoms with Crippen LogP contribution in [0.5, 0.6) is 0 Å². The van der Waals surface area contributed by atoms with Gasteiger partial charge in [-0.2, -0.15) is 0 Å². The highest BCUT2D eigenvalue weighted by Crippen LogP contribution is 2.19. The van der Waals surface area contributed by atoms with Crippen molar-refractivity contribution in [3.63, 3.8) is 0 Å². The van der Waals surface area contributed by atoms with Crippen LogP contribution in [-0.4, -0.2) is 87.4 Å². The number of nitrogens with two attached hydrogens (primary N) is 4. The summed E-state index contributed by atoms with van der Waals surface area (Å²) in [7, 11) is 0. The molecule has 0 saturated carbocycles. The molecule has 17 nitrogen and oxygen atoms in total. The second-order valence-electron chi connectivity index (χ2n) is 9.74. The van der Waals surface area contributed by atoms with E-state index in [0.29, 0.717) is 0 Å². The van der Waals surface area contributed by atoms with Crippen molar-refractivity contribution in [3.8, 4) is 0 Å². The number of carbonyl (C=O) groups is 6. The third kappa shape index (κ3) is 11.3. The Hall–Kier alpha value is -5.19. The van der Waals surface area contributed by atoms with E-state index in [0.717, 1.165) is 16.5 Å². The van der Waals surface area contributed by atoms with Crippen LogP contribution in [0.2, 0.25) is 0 Å². The molecule has 0 radical (unpaired) electrons. The van der Waals surface area contributed by atoms with Crippen molar-refractivity contribution in [2.24, 2.45) is 27.9 Å². The van der Waals surface area contributed by atoms with Crippen molar-refractivity contribution in [2.75, 3.05) is 6.54 Å². The smallest absolute Gasteiger partial charge is 0.326 e. The maximum absolute atomic E-state index is 13.3. The number of hydrogen-bond acceptors (Lipinski definition) is 8. The fourth-order valence-corrected chi connectivity index (χ4v) is 4.16. The number of carboxylic acid groups (broad SMARTS) is 2. The van der Waals surface area contributed by atoms with Crippen LogP contribution in [0.4, 0.5) is 0 Å². The van der Waals surface area contributed by atoms with Crippen LogP contribution in [0.1, 0.15) is 37.7 Å². The third-order valence-electron chi connectivity index (χ3n) is 6.34. The van der Waals surface area contributed by atoms with Gasteiger partial charge >= 0.3 is 11.9 Å². The Kier molecular flexibility index (Phi) is 12.9. The summed E-state index contributed by atoms with van der Waals surface area (Å²) in [4.78, 5) is 80.1. The molecule has 0 aliphatic heterocycles. The predicted molar refractivity (Wildman–Crippen MR) is 154 cm³/mol.